The van der Waals surface area contributed by atoms with E-state index in [1.165, 1.54) is 26.4 Å². The lowest BCUT2D eigenvalue weighted by Gasteiger charge is -2.13. The van der Waals surface area contributed by atoms with Crippen molar-refractivity contribution in [1.29, 1.82) is 0 Å². The van der Waals surface area contributed by atoms with Crippen LogP contribution in [0, 0.1) is 0 Å². The third kappa shape index (κ3) is 2.10. The monoisotopic (exact) mass is 202 g/mol. The smallest absolute Gasteiger partial charge is 0.360 e. The predicted molar refractivity (Wildman–Crippen MR) is 49.4 cm³/mol. The third-order valence-electron chi connectivity index (χ3n) is 1.63. The first kappa shape index (κ1) is 10.3. The molecule has 0 saturated carbocycles. The molecule has 13 heavy (non-hydrogen) atoms. The zero-order valence-corrected chi connectivity index (χ0v) is 8.32. The Labute approximate surface area is 76.6 Å². The number of aromatic hydroxyl groups is 1. The van der Waals surface area contributed by atoms with Gasteiger partial charge in [-0.25, -0.2) is 0 Å². The third-order valence-corrected chi connectivity index (χ3v) is 3.50. The molecule has 4 nitrogen and oxygen atoms in total. The Morgan fingerprint density at radius 1 is 1.31 bits per heavy atom. The van der Waals surface area contributed by atoms with Crippen molar-refractivity contribution in [2.24, 2.45) is 0 Å². The van der Waals surface area contributed by atoms with Crippen molar-refractivity contribution < 1.29 is 18.7 Å². The lowest BCUT2D eigenvalue weighted by molar-refractivity contribution is 0.287. The molecule has 0 aliphatic rings. The fourth-order valence-electron chi connectivity index (χ4n) is 0.949. The van der Waals surface area contributed by atoms with Crippen molar-refractivity contribution in [3.05, 3.63) is 24.3 Å². The molecule has 0 bridgehead atoms. The Hall–Kier alpha value is -0.830. The van der Waals surface area contributed by atoms with E-state index >= 15 is 0 Å². The largest absolute Gasteiger partial charge is 0.508 e. The predicted octanol–water partition coefficient (Wildman–Crippen LogP) is 1.50. The van der Waals surface area contributed by atoms with E-state index in [-0.39, 0.29) is 5.75 Å². The molecule has 5 heteroatoms. The van der Waals surface area contributed by atoms with E-state index in [1.54, 1.807) is 12.1 Å². The lowest BCUT2D eigenvalue weighted by atomic mass is 10.3. The van der Waals surface area contributed by atoms with Crippen LogP contribution in [0.1, 0.15) is 0 Å². The maximum Gasteiger partial charge on any atom is 0.360 e. The Kier molecular flexibility index (Phi) is 3.09. The van der Waals surface area contributed by atoms with Crippen molar-refractivity contribution in [2.45, 2.75) is 0 Å². The summed E-state index contributed by atoms with van der Waals surface area (Å²) in [5.41, 5.74) is 0. The average molecular weight is 202 g/mol. The van der Waals surface area contributed by atoms with Crippen LogP contribution in [0.15, 0.2) is 24.3 Å². The molecule has 0 spiro atoms. The normalized spacial score (nSPS) is 11.5. The highest BCUT2D eigenvalue weighted by atomic mass is 31.2. The highest BCUT2D eigenvalue weighted by Gasteiger charge is 2.24. The molecule has 0 radical (unpaired) electrons. The number of phenols is 1. The van der Waals surface area contributed by atoms with E-state index in [4.69, 9.17) is 14.2 Å². The van der Waals surface area contributed by atoms with Gasteiger partial charge in [-0.05, 0) is 18.2 Å². The molecule has 0 unspecified atom stereocenters. The zero-order valence-electron chi connectivity index (χ0n) is 7.43. The van der Waals surface area contributed by atoms with Crippen LogP contribution in [0.4, 0.5) is 0 Å². The van der Waals surface area contributed by atoms with Crippen LogP contribution in [0.3, 0.4) is 0 Å². The fraction of sp³-hybridized carbons (Fsp3) is 0.250. The fourth-order valence-corrected chi connectivity index (χ4v) is 2.08. The van der Waals surface area contributed by atoms with Crippen molar-refractivity contribution in [1.82, 2.24) is 0 Å². The molecule has 0 aliphatic heterocycles. The SMILES string of the molecule is COP(=O)(OC)c1cccc(O)c1. The van der Waals surface area contributed by atoms with E-state index in [0.29, 0.717) is 5.30 Å². The van der Waals surface area contributed by atoms with Gasteiger partial charge in [0.05, 0.1) is 5.30 Å². The molecule has 1 aromatic rings. The first-order chi connectivity index (χ1) is 6.12. The van der Waals surface area contributed by atoms with Gasteiger partial charge in [0.25, 0.3) is 0 Å². The highest BCUT2D eigenvalue weighted by Crippen LogP contribution is 2.45. The summed E-state index contributed by atoms with van der Waals surface area (Å²) >= 11 is 0. The van der Waals surface area contributed by atoms with Crippen LogP contribution < -0.4 is 5.30 Å². The van der Waals surface area contributed by atoms with Crippen LogP contribution in [0.2, 0.25) is 0 Å². The molecule has 0 heterocycles. The van der Waals surface area contributed by atoms with Gasteiger partial charge in [0, 0.05) is 14.2 Å². The molecule has 0 amide bonds. The maximum absolute atomic E-state index is 11.7. The molecule has 0 aliphatic carbocycles. The van der Waals surface area contributed by atoms with Gasteiger partial charge in [0.15, 0.2) is 0 Å². The Balaban J connectivity index is 3.13. The molecule has 1 aromatic carbocycles. The summed E-state index contributed by atoms with van der Waals surface area (Å²) in [6.07, 6.45) is 0. The summed E-state index contributed by atoms with van der Waals surface area (Å²) < 4.78 is 21.2. The quantitative estimate of drug-likeness (QED) is 0.754. The number of hydrogen-bond donors (Lipinski definition) is 1. The summed E-state index contributed by atoms with van der Waals surface area (Å²) in [4.78, 5) is 0. The number of phenolic OH excluding ortho intramolecular Hbond substituents is 1. The van der Waals surface area contributed by atoms with Crippen LogP contribution in [-0.4, -0.2) is 19.3 Å². The van der Waals surface area contributed by atoms with E-state index in [9.17, 15) is 4.57 Å². The molecule has 0 saturated heterocycles. The molecule has 1 N–H and O–H groups in total. The lowest BCUT2D eigenvalue weighted by Crippen LogP contribution is -2.06. The van der Waals surface area contributed by atoms with Gasteiger partial charge in [-0.2, -0.15) is 0 Å². The van der Waals surface area contributed by atoms with Gasteiger partial charge in [-0.1, -0.05) is 6.07 Å². The molecule has 72 valence electrons. The first-order valence-corrected chi connectivity index (χ1v) is 5.18. The van der Waals surface area contributed by atoms with E-state index < -0.39 is 7.60 Å². The summed E-state index contributed by atoms with van der Waals surface area (Å²) in [5, 5.41) is 9.48. The number of benzene rings is 1. The minimum Gasteiger partial charge on any atom is -0.508 e. The van der Waals surface area contributed by atoms with Crippen molar-refractivity contribution >= 4 is 12.9 Å². The maximum atomic E-state index is 11.7. The minimum absolute atomic E-state index is 0.0341. The number of rotatable bonds is 3. The Morgan fingerprint density at radius 2 is 1.92 bits per heavy atom. The standard InChI is InChI=1S/C8H11O4P/c1-11-13(10,12-2)8-5-3-4-7(9)6-8/h3-6,9H,1-2H3. The van der Waals surface area contributed by atoms with Crippen LogP contribution in [0.5, 0.6) is 5.75 Å². The van der Waals surface area contributed by atoms with Crippen molar-refractivity contribution in [2.75, 3.05) is 14.2 Å². The molecule has 1 rings (SSSR count). The van der Waals surface area contributed by atoms with Crippen molar-refractivity contribution in [3.8, 4) is 5.75 Å². The van der Waals surface area contributed by atoms with Crippen LogP contribution in [0.25, 0.3) is 0 Å². The van der Waals surface area contributed by atoms with E-state index in [2.05, 4.69) is 0 Å². The number of hydrogen-bond acceptors (Lipinski definition) is 4. The topological polar surface area (TPSA) is 55.8 Å². The molecule has 0 aromatic heterocycles. The highest BCUT2D eigenvalue weighted by molar-refractivity contribution is 7.62. The first-order valence-electron chi connectivity index (χ1n) is 3.63. The summed E-state index contributed by atoms with van der Waals surface area (Å²) in [5.74, 6) is 0.0341. The van der Waals surface area contributed by atoms with Gasteiger partial charge >= 0.3 is 7.60 Å². The second-order valence-electron chi connectivity index (χ2n) is 2.38. The molecular formula is C8H11O4P. The summed E-state index contributed by atoms with van der Waals surface area (Å²) in [6.45, 7) is 0. The second kappa shape index (κ2) is 3.92. The average Bonchev–Trinajstić information content (AvgIpc) is 2.17. The molecule has 0 fully saturated rings. The Morgan fingerprint density at radius 3 is 2.38 bits per heavy atom. The Bertz CT molecular complexity index is 329. The summed E-state index contributed by atoms with van der Waals surface area (Å²) in [7, 11) is -0.621. The van der Waals surface area contributed by atoms with Gasteiger partial charge in [0.1, 0.15) is 5.75 Å². The van der Waals surface area contributed by atoms with E-state index in [1.807, 2.05) is 0 Å². The van der Waals surface area contributed by atoms with Gasteiger partial charge in [-0.15, -0.1) is 0 Å². The van der Waals surface area contributed by atoms with Gasteiger partial charge in [0.2, 0.25) is 0 Å². The summed E-state index contributed by atoms with van der Waals surface area (Å²) in [6, 6.07) is 6.00. The second-order valence-corrected chi connectivity index (χ2v) is 4.62. The van der Waals surface area contributed by atoms with Gasteiger partial charge < -0.3 is 14.2 Å². The van der Waals surface area contributed by atoms with Crippen LogP contribution in [-0.2, 0) is 13.6 Å². The molecule has 0 atom stereocenters. The van der Waals surface area contributed by atoms with Crippen LogP contribution >= 0.6 is 7.60 Å². The minimum atomic E-state index is -3.22. The molecular weight excluding hydrogens is 191 g/mol. The van der Waals surface area contributed by atoms with Gasteiger partial charge in [-0.3, -0.25) is 4.57 Å². The van der Waals surface area contributed by atoms with E-state index in [0.717, 1.165) is 0 Å². The van der Waals surface area contributed by atoms with Crippen molar-refractivity contribution in [3.63, 3.8) is 0 Å². The zero-order chi connectivity index (χ0) is 9.90.